The second-order valence-corrected chi connectivity index (χ2v) is 4.70. The van der Waals surface area contributed by atoms with E-state index >= 15 is 0 Å². The molecule has 0 saturated carbocycles. The van der Waals surface area contributed by atoms with Gasteiger partial charge in [-0.15, -0.1) is 11.6 Å². The zero-order chi connectivity index (χ0) is 13.3. The lowest BCUT2D eigenvalue weighted by Crippen LogP contribution is -2.15. The van der Waals surface area contributed by atoms with Crippen LogP contribution in [0.5, 0.6) is 0 Å². The molecule has 0 aliphatic carbocycles. The van der Waals surface area contributed by atoms with E-state index in [2.05, 4.69) is 28.5 Å². The van der Waals surface area contributed by atoms with Crippen molar-refractivity contribution in [2.24, 2.45) is 7.05 Å². The number of nitrogens with zero attached hydrogens (tertiary/aromatic N) is 4. The molecule has 2 aromatic rings. The maximum atomic E-state index is 6.00. The molecule has 0 aliphatic heterocycles. The summed E-state index contributed by atoms with van der Waals surface area (Å²) in [6, 6.07) is 0.189. The smallest absolute Gasteiger partial charge is 0.159 e. The minimum absolute atomic E-state index is 0.189. The second-order valence-electron chi connectivity index (χ2n) is 4.43. The molecule has 0 fully saturated rings. The molecule has 0 spiro atoms. The number of hydrogen-bond acceptors (Lipinski definition) is 3. The molecule has 0 bridgehead atoms. The number of hydrogen-bond donors (Lipinski definition) is 0. The Labute approximate surface area is 112 Å². The van der Waals surface area contributed by atoms with Crippen LogP contribution in [-0.2, 0) is 24.1 Å². The van der Waals surface area contributed by atoms with E-state index in [-0.39, 0.29) is 6.04 Å². The van der Waals surface area contributed by atoms with E-state index in [0.717, 1.165) is 29.1 Å². The van der Waals surface area contributed by atoms with Gasteiger partial charge in [0.15, 0.2) is 5.65 Å². The summed E-state index contributed by atoms with van der Waals surface area (Å²) in [4.78, 5) is 4.62. The van der Waals surface area contributed by atoms with Gasteiger partial charge in [0.25, 0.3) is 0 Å². The van der Waals surface area contributed by atoms with Crippen LogP contribution in [-0.4, -0.2) is 33.0 Å². The molecule has 2 aromatic heterocycles. The van der Waals surface area contributed by atoms with Gasteiger partial charge in [0, 0.05) is 14.2 Å². The zero-order valence-corrected chi connectivity index (χ0v) is 12.0. The normalized spacial score (nSPS) is 13.4. The number of rotatable bonds is 5. The van der Waals surface area contributed by atoms with Gasteiger partial charge in [0.1, 0.15) is 11.3 Å². The fraction of sp³-hybridized carbons (Fsp3) is 0.667. The lowest BCUT2D eigenvalue weighted by Gasteiger charge is -2.15. The predicted octanol–water partition coefficient (Wildman–Crippen LogP) is 2.28. The van der Waals surface area contributed by atoms with Crippen LogP contribution in [0.1, 0.15) is 31.4 Å². The van der Waals surface area contributed by atoms with Crippen LogP contribution in [0.25, 0.3) is 11.2 Å². The van der Waals surface area contributed by atoms with Crippen LogP contribution in [0.15, 0.2) is 0 Å². The lowest BCUT2D eigenvalue weighted by molar-refractivity contribution is 0.162. The molecule has 0 amide bonds. The predicted molar refractivity (Wildman–Crippen MR) is 72.0 cm³/mol. The Morgan fingerprint density at radius 1 is 1.44 bits per heavy atom. The maximum Gasteiger partial charge on any atom is 0.159 e. The van der Waals surface area contributed by atoms with Crippen molar-refractivity contribution in [1.82, 2.24) is 19.3 Å². The highest BCUT2D eigenvalue weighted by Gasteiger charge is 2.21. The maximum absolute atomic E-state index is 6.00. The molecule has 0 N–H and O–H groups in total. The minimum Gasteiger partial charge on any atom is -0.383 e. The van der Waals surface area contributed by atoms with Crippen molar-refractivity contribution >= 4 is 22.8 Å². The Morgan fingerprint density at radius 3 is 2.72 bits per heavy atom. The molecular weight excluding hydrogens is 252 g/mol. The number of methoxy groups -OCH3 is 1. The third-order valence-corrected chi connectivity index (χ3v) is 3.35. The Hall–Kier alpha value is -1.07. The van der Waals surface area contributed by atoms with E-state index in [4.69, 9.17) is 16.3 Å². The molecule has 100 valence electrons. The van der Waals surface area contributed by atoms with Crippen LogP contribution >= 0.6 is 11.6 Å². The molecule has 18 heavy (non-hydrogen) atoms. The van der Waals surface area contributed by atoms with Gasteiger partial charge < -0.3 is 9.30 Å². The highest BCUT2D eigenvalue weighted by molar-refractivity contribution is 6.16. The zero-order valence-electron chi connectivity index (χ0n) is 11.3. The van der Waals surface area contributed by atoms with Gasteiger partial charge in [-0.3, -0.25) is 4.68 Å². The van der Waals surface area contributed by atoms with Crippen molar-refractivity contribution in [2.75, 3.05) is 13.7 Å². The Bertz CT molecular complexity index is 546. The van der Waals surface area contributed by atoms with Gasteiger partial charge in [-0.2, -0.15) is 5.10 Å². The third kappa shape index (κ3) is 2.01. The SMILES string of the molecule is CCc1nn(C)c2c1nc(CCl)n2C(C)COC. The molecule has 0 aromatic carbocycles. The first kappa shape index (κ1) is 13.4. The summed E-state index contributed by atoms with van der Waals surface area (Å²) in [6.45, 7) is 4.81. The van der Waals surface area contributed by atoms with Gasteiger partial charge in [-0.1, -0.05) is 6.92 Å². The molecule has 0 radical (unpaired) electrons. The fourth-order valence-electron chi connectivity index (χ4n) is 2.36. The van der Waals surface area contributed by atoms with Gasteiger partial charge in [0.2, 0.25) is 0 Å². The number of fused-ring (bicyclic) bond motifs is 1. The number of aromatic nitrogens is 4. The van der Waals surface area contributed by atoms with E-state index in [1.54, 1.807) is 7.11 Å². The van der Waals surface area contributed by atoms with Crippen molar-refractivity contribution in [1.29, 1.82) is 0 Å². The highest BCUT2D eigenvalue weighted by atomic mass is 35.5. The Balaban J connectivity index is 2.64. The molecule has 0 saturated heterocycles. The van der Waals surface area contributed by atoms with Gasteiger partial charge in [0.05, 0.1) is 24.2 Å². The largest absolute Gasteiger partial charge is 0.383 e. The van der Waals surface area contributed by atoms with Crippen LogP contribution in [0, 0.1) is 0 Å². The first-order chi connectivity index (χ1) is 8.63. The standard InChI is InChI=1S/C12H19ClN4O/c1-5-9-11-12(16(3)15-9)17(8(2)7-18-4)10(6-13)14-11/h8H,5-7H2,1-4H3. The quantitative estimate of drug-likeness (QED) is 0.783. The molecular formula is C12H19ClN4O. The summed E-state index contributed by atoms with van der Waals surface area (Å²) in [5.41, 5.74) is 2.99. The van der Waals surface area contributed by atoms with E-state index in [1.165, 1.54) is 0 Å². The van der Waals surface area contributed by atoms with Crippen molar-refractivity contribution in [2.45, 2.75) is 32.2 Å². The van der Waals surface area contributed by atoms with Crippen LogP contribution in [0.4, 0.5) is 0 Å². The molecule has 2 heterocycles. The number of aryl methyl sites for hydroxylation is 2. The topological polar surface area (TPSA) is 44.9 Å². The van der Waals surface area contributed by atoms with Crippen LogP contribution in [0.3, 0.4) is 0 Å². The van der Waals surface area contributed by atoms with E-state index in [9.17, 15) is 0 Å². The van der Waals surface area contributed by atoms with E-state index < -0.39 is 0 Å². The third-order valence-electron chi connectivity index (χ3n) is 3.11. The van der Waals surface area contributed by atoms with Gasteiger partial charge in [-0.25, -0.2) is 4.98 Å². The van der Waals surface area contributed by atoms with Crippen molar-refractivity contribution < 1.29 is 4.74 Å². The van der Waals surface area contributed by atoms with Crippen LogP contribution in [0.2, 0.25) is 0 Å². The second kappa shape index (κ2) is 5.28. The molecule has 1 atom stereocenters. The van der Waals surface area contributed by atoms with E-state index in [1.807, 2.05) is 11.7 Å². The molecule has 2 rings (SSSR count). The molecule has 0 aliphatic rings. The summed E-state index contributed by atoms with van der Waals surface area (Å²) in [6.07, 6.45) is 0.870. The lowest BCUT2D eigenvalue weighted by atomic mass is 10.3. The average molecular weight is 271 g/mol. The fourth-order valence-corrected chi connectivity index (χ4v) is 2.55. The van der Waals surface area contributed by atoms with Crippen LogP contribution < -0.4 is 0 Å². The van der Waals surface area contributed by atoms with Crippen molar-refractivity contribution in [3.63, 3.8) is 0 Å². The summed E-state index contributed by atoms with van der Waals surface area (Å²) >= 11 is 6.00. The molecule has 5 nitrogen and oxygen atoms in total. The summed E-state index contributed by atoms with van der Waals surface area (Å²) in [7, 11) is 3.64. The summed E-state index contributed by atoms with van der Waals surface area (Å²) in [5, 5.41) is 4.50. The van der Waals surface area contributed by atoms with Crippen molar-refractivity contribution in [3.8, 4) is 0 Å². The Kier molecular flexibility index (Phi) is 3.92. The minimum atomic E-state index is 0.189. The number of alkyl halides is 1. The number of halogens is 1. The highest BCUT2D eigenvalue weighted by Crippen LogP contribution is 2.24. The number of ether oxygens (including phenoxy) is 1. The van der Waals surface area contributed by atoms with Gasteiger partial charge >= 0.3 is 0 Å². The average Bonchev–Trinajstić information content (AvgIpc) is 2.87. The first-order valence-electron chi connectivity index (χ1n) is 6.11. The van der Waals surface area contributed by atoms with Gasteiger partial charge in [-0.05, 0) is 13.3 Å². The monoisotopic (exact) mass is 270 g/mol. The molecule has 6 heteroatoms. The first-order valence-corrected chi connectivity index (χ1v) is 6.65. The summed E-state index contributed by atoms with van der Waals surface area (Å²) in [5.74, 6) is 1.27. The Morgan fingerprint density at radius 2 is 2.17 bits per heavy atom. The van der Waals surface area contributed by atoms with E-state index in [0.29, 0.717) is 12.5 Å². The summed E-state index contributed by atoms with van der Waals surface area (Å²) < 4.78 is 9.23. The molecule has 1 unspecified atom stereocenters. The van der Waals surface area contributed by atoms with Crippen molar-refractivity contribution in [3.05, 3.63) is 11.5 Å². The number of imidazole rings is 1.